The molecule has 482 valence electrons. The van der Waals surface area contributed by atoms with E-state index in [0.717, 1.165) is 70.6 Å². The van der Waals surface area contributed by atoms with Gasteiger partial charge in [-0.2, -0.15) is 0 Å². The van der Waals surface area contributed by atoms with E-state index < -0.39 is 124 Å². The van der Waals surface area contributed by atoms with E-state index in [1.807, 2.05) is 6.08 Å². The summed E-state index contributed by atoms with van der Waals surface area (Å²) >= 11 is 0. The van der Waals surface area contributed by atoms with Crippen LogP contribution >= 0.6 is 0 Å². The van der Waals surface area contributed by atoms with E-state index in [4.69, 9.17) is 28.4 Å². The van der Waals surface area contributed by atoms with Crippen molar-refractivity contribution in [3.63, 3.8) is 0 Å². The van der Waals surface area contributed by atoms with Gasteiger partial charge in [0.1, 0.15) is 73.2 Å². The smallest absolute Gasteiger partial charge is 0.220 e. The van der Waals surface area contributed by atoms with E-state index in [0.29, 0.717) is 12.8 Å². The third kappa shape index (κ3) is 29.8. The number of nitrogens with one attached hydrogen (secondary N) is 1. The minimum absolute atomic E-state index is 0.213. The first-order chi connectivity index (χ1) is 40.3. The molecule has 3 rings (SSSR count). The first-order valence-electron chi connectivity index (χ1n) is 32.0. The summed E-state index contributed by atoms with van der Waals surface area (Å²) in [6.07, 6.45) is 27.8. The molecule has 83 heavy (non-hydrogen) atoms. The average Bonchev–Trinajstić information content (AvgIpc) is 3.19. The third-order valence-electron chi connectivity index (χ3n) is 15.8. The molecule has 1 amide bonds. The van der Waals surface area contributed by atoms with Crippen LogP contribution in [-0.2, 0) is 33.2 Å². The van der Waals surface area contributed by atoms with Crippen LogP contribution in [0, 0.1) is 0 Å². The van der Waals surface area contributed by atoms with Crippen LogP contribution < -0.4 is 5.32 Å². The number of rotatable bonds is 47. The van der Waals surface area contributed by atoms with Gasteiger partial charge in [-0.05, 0) is 70.6 Å². The fraction of sp³-hybridized carbons (Fsp3) is 0.828. The van der Waals surface area contributed by atoms with Crippen molar-refractivity contribution in [2.45, 2.75) is 311 Å². The summed E-state index contributed by atoms with van der Waals surface area (Å²) in [5.74, 6) is -0.306. The monoisotopic (exact) mass is 1180 g/mol. The maximum absolute atomic E-state index is 13.3. The second-order valence-corrected chi connectivity index (χ2v) is 22.8. The summed E-state index contributed by atoms with van der Waals surface area (Å²) in [5.41, 5.74) is 0. The molecule has 0 aromatic rings. The van der Waals surface area contributed by atoms with Crippen molar-refractivity contribution in [2.24, 2.45) is 0 Å². The van der Waals surface area contributed by atoms with Crippen LogP contribution in [0.3, 0.4) is 0 Å². The van der Waals surface area contributed by atoms with E-state index >= 15 is 0 Å². The Morgan fingerprint density at radius 3 is 1.31 bits per heavy atom. The molecule has 0 bridgehead atoms. The largest absolute Gasteiger partial charge is 0.394 e. The Balaban J connectivity index is 1.49. The maximum Gasteiger partial charge on any atom is 0.220 e. The highest BCUT2D eigenvalue weighted by molar-refractivity contribution is 5.76. The molecule has 0 radical (unpaired) electrons. The molecule has 3 heterocycles. The van der Waals surface area contributed by atoms with E-state index in [9.17, 15) is 61.0 Å². The van der Waals surface area contributed by atoms with E-state index in [2.05, 4.69) is 67.8 Å². The van der Waals surface area contributed by atoms with Crippen LogP contribution in [0.2, 0.25) is 0 Å². The lowest BCUT2D eigenvalue weighted by Crippen LogP contribution is -2.66. The highest BCUT2D eigenvalue weighted by Crippen LogP contribution is 2.33. The highest BCUT2D eigenvalue weighted by Gasteiger charge is 2.53. The number of aliphatic hydroxyl groups is 11. The molecular weight excluding hydrogens is 1070 g/mol. The molecule has 19 heteroatoms. The number of aliphatic hydroxyl groups excluding tert-OH is 11. The number of hydrogen-bond acceptors (Lipinski definition) is 18. The van der Waals surface area contributed by atoms with Crippen molar-refractivity contribution in [3.8, 4) is 0 Å². The SMILES string of the molecule is CCCC/C=C\C/C=C\CCCCCCCC(=O)NC(COC1OC(CO)C(OC2OC(CO)C(OC3OC(CO)C(O)C(O)C3O)C(O)C2O)C(O)C1O)C(O)/C=C/CC/C=C/CC/C=C/CCCCCCCCCCCCCCCC. The van der Waals surface area contributed by atoms with Gasteiger partial charge < -0.3 is 89.9 Å². The molecule has 19 nitrogen and oxygen atoms in total. The van der Waals surface area contributed by atoms with Gasteiger partial charge in [-0.1, -0.05) is 190 Å². The second kappa shape index (κ2) is 46.6. The second-order valence-electron chi connectivity index (χ2n) is 22.8. The highest BCUT2D eigenvalue weighted by atomic mass is 16.8. The molecule has 0 aromatic heterocycles. The zero-order chi connectivity index (χ0) is 60.5. The first kappa shape index (κ1) is 74.7. The van der Waals surface area contributed by atoms with Gasteiger partial charge in [0, 0.05) is 6.42 Å². The van der Waals surface area contributed by atoms with Gasteiger partial charge in [-0.15, -0.1) is 0 Å². The van der Waals surface area contributed by atoms with Crippen LogP contribution in [0.25, 0.3) is 0 Å². The van der Waals surface area contributed by atoms with Crippen molar-refractivity contribution < 1.29 is 89.4 Å². The van der Waals surface area contributed by atoms with E-state index in [-0.39, 0.29) is 18.9 Å². The number of amides is 1. The molecule has 0 aromatic carbocycles. The zero-order valence-corrected chi connectivity index (χ0v) is 50.4. The Bertz CT molecular complexity index is 1750. The number of ether oxygens (including phenoxy) is 6. The summed E-state index contributed by atoms with van der Waals surface area (Å²) in [7, 11) is 0. The normalized spacial score (nSPS) is 29.8. The Morgan fingerprint density at radius 2 is 0.819 bits per heavy atom. The van der Waals surface area contributed by atoms with Crippen molar-refractivity contribution in [2.75, 3.05) is 26.4 Å². The predicted molar refractivity (Wildman–Crippen MR) is 318 cm³/mol. The fourth-order valence-electron chi connectivity index (χ4n) is 10.5. The molecule has 3 aliphatic rings. The third-order valence-corrected chi connectivity index (χ3v) is 15.8. The number of allylic oxidation sites excluding steroid dienone is 9. The van der Waals surface area contributed by atoms with Crippen LogP contribution in [0.15, 0.2) is 60.8 Å². The van der Waals surface area contributed by atoms with Gasteiger partial charge in [-0.3, -0.25) is 4.79 Å². The Morgan fingerprint density at radius 1 is 0.434 bits per heavy atom. The Hall–Kier alpha value is -2.51. The maximum atomic E-state index is 13.3. The fourth-order valence-corrected chi connectivity index (χ4v) is 10.5. The summed E-state index contributed by atoms with van der Waals surface area (Å²) in [4.78, 5) is 13.3. The van der Waals surface area contributed by atoms with E-state index in [1.54, 1.807) is 6.08 Å². The van der Waals surface area contributed by atoms with E-state index in [1.165, 1.54) is 103 Å². The summed E-state index contributed by atoms with van der Waals surface area (Å²) in [5, 5.41) is 120. The van der Waals surface area contributed by atoms with Gasteiger partial charge in [0.15, 0.2) is 18.9 Å². The molecule has 3 aliphatic heterocycles. The molecule has 3 saturated heterocycles. The minimum atomic E-state index is -1.99. The van der Waals surface area contributed by atoms with Crippen molar-refractivity contribution in [1.29, 1.82) is 0 Å². The molecule has 0 spiro atoms. The lowest BCUT2D eigenvalue weighted by atomic mass is 9.96. The quantitative estimate of drug-likeness (QED) is 0.0220. The summed E-state index contributed by atoms with van der Waals surface area (Å²) in [6, 6.07) is -1.01. The van der Waals surface area contributed by atoms with Crippen LogP contribution in [0.4, 0.5) is 0 Å². The Labute approximate surface area is 496 Å². The predicted octanol–water partition coefficient (Wildman–Crippen LogP) is 6.82. The van der Waals surface area contributed by atoms with Crippen molar-refractivity contribution in [1.82, 2.24) is 5.32 Å². The standard InChI is InChI=1S/C64H113NO18/c1-3-5-7-9-11-13-15-17-19-20-21-22-23-24-25-26-27-28-29-31-33-35-37-39-41-48(69)47(65-52(70)42-40-38-36-34-32-30-18-16-14-12-10-8-6-4-2)46-78-62-58(76)55(73)60(50(44-67)80-62)83-64-59(77)56(74)61(51(45-68)81-64)82-63-57(75)54(72)53(71)49(43-66)79-63/h10,12,16,18,26-27,31,33,39,41,47-51,53-64,66-69,71-77H,3-9,11,13-15,17,19-25,28-30,32,34-38,40,42-46H2,1-2H3,(H,65,70)/b12-10-,18-16-,27-26+,33-31+,41-39+. The molecule has 0 aliphatic carbocycles. The molecule has 3 fully saturated rings. The van der Waals surface area contributed by atoms with Gasteiger partial charge in [0.2, 0.25) is 5.91 Å². The van der Waals surface area contributed by atoms with Crippen LogP contribution in [-0.4, -0.2) is 193 Å². The molecule has 17 unspecified atom stereocenters. The van der Waals surface area contributed by atoms with Crippen molar-refractivity contribution >= 4 is 5.91 Å². The zero-order valence-electron chi connectivity index (χ0n) is 50.4. The molecular formula is C64H113NO18. The number of unbranched alkanes of at least 4 members (excludes halogenated alkanes) is 23. The van der Waals surface area contributed by atoms with Gasteiger partial charge in [0.25, 0.3) is 0 Å². The molecule has 12 N–H and O–H groups in total. The van der Waals surface area contributed by atoms with Crippen LogP contribution in [0.5, 0.6) is 0 Å². The summed E-state index contributed by atoms with van der Waals surface area (Å²) in [6.45, 7) is 1.64. The van der Waals surface area contributed by atoms with Crippen LogP contribution in [0.1, 0.15) is 206 Å². The molecule has 17 atom stereocenters. The number of carbonyl (C=O) groups excluding carboxylic acids is 1. The lowest BCUT2D eigenvalue weighted by Gasteiger charge is -2.48. The Kier molecular flexibility index (Phi) is 42.0. The topological polar surface area (TPSA) is 307 Å². The van der Waals surface area contributed by atoms with Gasteiger partial charge in [-0.25, -0.2) is 0 Å². The average molecular weight is 1180 g/mol. The number of carbonyl (C=O) groups is 1. The first-order valence-corrected chi connectivity index (χ1v) is 32.0. The van der Waals surface area contributed by atoms with Gasteiger partial charge >= 0.3 is 0 Å². The molecule has 0 saturated carbocycles. The summed E-state index contributed by atoms with van der Waals surface area (Å²) < 4.78 is 34.2. The minimum Gasteiger partial charge on any atom is -0.394 e. The number of hydrogen-bond donors (Lipinski definition) is 12. The lowest BCUT2D eigenvalue weighted by molar-refractivity contribution is -0.379. The van der Waals surface area contributed by atoms with Crippen molar-refractivity contribution in [3.05, 3.63) is 60.8 Å². The van der Waals surface area contributed by atoms with Gasteiger partial charge in [0.05, 0.1) is 38.6 Å².